The molecule has 8 heteroatoms. The molecule has 0 bridgehead atoms. The fourth-order valence-electron chi connectivity index (χ4n) is 3.19. The number of hydrogen-bond acceptors (Lipinski definition) is 4. The second kappa shape index (κ2) is 6.86. The van der Waals surface area contributed by atoms with E-state index in [1.54, 1.807) is 23.1 Å². The Morgan fingerprint density at radius 3 is 2.75 bits per heavy atom. The summed E-state index contributed by atoms with van der Waals surface area (Å²) in [5, 5.41) is 9.56. The Kier molecular flexibility index (Phi) is 4.82. The molecule has 3 amide bonds. The number of nitrogens with one attached hydrogen (secondary N) is 3. The number of methoxy groups -OCH3 is 1. The van der Waals surface area contributed by atoms with E-state index < -0.39 is 5.54 Å². The van der Waals surface area contributed by atoms with E-state index in [1.165, 1.54) is 7.11 Å². The molecule has 3 N–H and O–H groups in total. The van der Waals surface area contributed by atoms with Crippen LogP contribution in [0.1, 0.15) is 12.8 Å². The largest absolute Gasteiger partial charge is 0.495 e. The van der Waals surface area contributed by atoms with Gasteiger partial charge < -0.3 is 25.6 Å². The van der Waals surface area contributed by atoms with Gasteiger partial charge in [-0.2, -0.15) is 0 Å². The first-order valence-corrected chi connectivity index (χ1v) is 8.35. The first-order chi connectivity index (χ1) is 11.5. The van der Waals surface area contributed by atoms with Crippen molar-refractivity contribution in [2.45, 2.75) is 18.4 Å². The van der Waals surface area contributed by atoms with Gasteiger partial charge in [-0.15, -0.1) is 0 Å². The van der Waals surface area contributed by atoms with Crippen molar-refractivity contribution < 1.29 is 14.3 Å². The van der Waals surface area contributed by atoms with Crippen molar-refractivity contribution >= 4 is 29.2 Å². The molecular weight excluding hydrogens is 332 g/mol. The summed E-state index contributed by atoms with van der Waals surface area (Å²) in [6, 6.07) is 4.84. The van der Waals surface area contributed by atoms with Crippen molar-refractivity contribution in [2.75, 3.05) is 38.6 Å². The molecule has 0 atom stereocenters. The lowest BCUT2D eigenvalue weighted by molar-refractivity contribution is -0.131. The molecule has 1 aromatic carbocycles. The third-order valence-corrected chi connectivity index (χ3v) is 4.85. The molecule has 1 spiro atoms. The van der Waals surface area contributed by atoms with Crippen LogP contribution < -0.4 is 20.7 Å². The second-order valence-corrected chi connectivity index (χ2v) is 6.46. The predicted octanol–water partition coefficient (Wildman–Crippen LogP) is 1.43. The zero-order chi connectivity index (χ0) is 17.2. The van der Waals surface area contributed by atoms with Crippen molar-refractivity contribution in [2.24, 2.45) is 0 Å². The minimum absolute atomic E-state index is 0.0327. The summed E-state index contributed by atoms with van der Waals surface area (Å²) < 4.78 is 5.24. The van der Waals surface area contributed by atoms with Crippen LogP contribution in [0.3, 0.4) is 0 Å². The van der Waals surface area contributed by atoms with Crippen molar-refractivity contribution in [1.29, 1.82) is 0 Å². The van der Waals surface area contributed by atoms with Crippen LogP contribution in [0.5, 0.6) is 5.75 Å². The summed E-state index contributed by atoms with van der Waals surface area (Å²) in [5.74, 6) is 0.583. The Balaban J connectivity index is 1.63. The van der Waals surface area contributed by atoms with Gasteiger partial charge in [0.2, 0.25) is 5.91 Å². The van der Waals surface area contributed by atoms with E-state index in [1.807, 2.05) is 0 Å². The number of rotatable bonds is 2. The molecule has 0 unspecified atom stereocenters. The molecule has 2 fully saturated rings. The number of halogens is 1. The lowest BCUT2D eigenvalue weighted by atomic mass is 9.85. The average Bonchev–Trinajstić information content (AvgIpc) is 2.58. The third-order valence-electron chi connectivity index (χ3n) is 4.62. The number of likely N-dealkylation sites (tertiary alicyclic amines) is 1. The summed E-state index contributed by atoms with van der Waals surface area (Å²) in [5.41, 5.74) is -0.00760. The van der Waals surface area contributed by atoms with E-state index in [-0.39, 0.29) is 11.9 Å². The number of hydrogen-bond donors (Lipinski definition) is 3. The number of benzene rings is 1. The Labute approximate surface area is 145 Å². The number of carbonyl (C=O) groups is 2. The summed E-state index contributed by atoms with van der Waals surface area (Å²) in [4.78, 5) is 26.3. The zero-order valence-corrected chi connectivity index (χ0v) is 14.3. The van der Waals surface area contributed by atoms with Crippen molar-refractivity contribution in [3.8, 4) is 5.75 Å². The van der Waals surface area contributed by atoms with Crippen LogP contribution in [0.4, 0.5) is 10.5 Å². The highest BCUT2D eigenvalue weighted by molar-refractivity contribution is 6.31. The van der Waals surface area contributed by atoms with Crippen LogP contribution in [0.2, 0.25) is 5.02 Å². The third kappa shape index (κ3) is 3.27. The van der Waals surface area contributed by atoms with Gasteiger partial charge in [-0.25, -0.2) is 4.79 Å². The molecule has 0 radical (unpaired) electrons. The number of piperidine rings is 1. The SMILES string of the molecule is COc1ccc(Cl)cc1NC(=O)N1CCC2(CC1)NCCNC2=O. The molecule has 2 heterocycles. The molecule has 2 aliphatic rings. The normalized spacial score (nSPS) is 19.8. The lowest BCUT2D eigenvalue weighted by Crippen LogP contribution is -2.67. The minimum atomic E-state index is -0.539. The van der Waals surface area contributed by atoms with E-state index in [0.29, 0.717) is 48.9 Å². The van der Waals surface area contributed by atoms with Gasteiger partial charge in [0.1, 0.15) is 11.3 Å². The van der Waals surface area contributed by atoms with Gasteiger partial charge >= 0.3 is 6.03 Å². The van der Waals surface area contributed by atoms with E-state index in [4.69, 9.17) is 16.3 Å². The molecule has 7 nitrogen and oxygen atoms in total. The number of anilines is 1. The topological polar surface area (TPSA) is 82.7 Å². The molecule has 24 heavy (non-hydrogen) atoms. The van der Waals surface area contributed by atoms with Crippen LogP contribution >= 0.6 is 11.6 Å². The molecule has 130 valence electrons. The van der Waals surface area contributed by atoms with Crippen LogP contribution in [-0.2, 0) is 4.79 Å². The molecule has 0 aromatic heterocycles. The van der Waals surface area contributed by atoms with Crippen LogP contribution in [0.15, 0.2) is 18.2 Å². The van der Waals surface area contributed by atoms with E-state index in [9.17, 15) is 9.59 Å². The quantitative estimate of drug-likeness (QED) is 0.752. The summed E-state index contributed by atoms with van der Waals surface area (Å²) in [6.45, 7) is 2.43. The molecule has 0 saturated carbocycles. The summed E-state index contributed by atoms with van der Waals surface area (Å²) in [7, 11) is 1.54. The molecule has 1 aromatic rings. The summed E-state index contributed by atoms with van der Waals surface area (Å²) >= 11 is 5.98. The standard InChI is InChI=1S/C16H21ClN4O3/c1-24-13-3-2-11(17)10-12(13)20-15(23)21-8-4-16(5-9-21)14(22)18-6-7-19-16/h2-3,10,19H,4-9H2,1H3,(H,18,22)(H,20,23). The first-order valence-electron chi connectivity index (χ1n) is 7.97. The van der Waals surface area contributed by atoms with Gasteiger partial charge in [-0.3, -0.25) is 4.79 Å². The van der Waals surface area contributed by atoms with Gasteiger partial charge in [-0.1, -0.05) is 11.6 Å². The lowest BCUT2D eigenvalue weighted by Gasteiger charge is -2.43. The Bertz CT molecular complexity index is 644. The molecule has 0 aliphatic carbocycles. The van der Waals surface area contributed by atoms with Crippen LogP contribution in [-0.4, -0.2) is 55.7 Å². The van der Waals surface area contributed by atoms with E-state index >= 15 is 0 Å². The zero-order valence-electron chi connectivity index (χ0n) is 13.5. The number of carbonyl (C=O) groups excluding carboxylic acids is 2. The number of ether oxygens (including phenoxy) is 1. The molecule has 2 saturated heterocycles. The maximum Gasteiger partial charge on any atom is 0.321 e. The first kappa shape index (κ1) is 16.9. The van der Waals surface area contributed by atoms with Crippen LogP contribution in [0, 0.1) is 0 Å². The number of nitrogens with zero attached hydrogens (tertiary/aromatic N) is 1. The molecule has 2 aliphatic heterocycles. The summed E-state index contributed by atoms with van der Waals surface area (Å²) in [6.07, 6.45) is 1.19. The Morgan fingerprint density at radius 2 is 2.08 bits per heavy atom. The maximum absolute atomic E-state index is 12.5. The highest BCUT2D eigenvalue weighted by Gasteiger charge is 2.43. The van der Waals surface area contributed by atoms with Gasteiger partial charge in [-0.05, 0) is 31.0 Å². The van der Waals surface area contributed by atoms with Gasteiger partial charge in [0.25, 0.3) is 0 Å². The molecular formula is C16H21ClN4O3. The van der Waals surface area contributed by atoms with Crippen molar-refractivity contribution in [1.82, 2.24) is 15.5 Å². The predicted molar refractivity (Wildman–Crippen MR) is 91.6 cm³/mol. The van der Waals surface area contributed by atoms with Gasteiger partial charge in [0.05, 0.1) is 12.8 Å². The average molecular weight is 353 g/mol. The van der Waals surface area contributed by atoms with Gasteiger partial charge in [0, 0.05) is 31.2 Å². The van der Waals surface area contributed by atoms with Crippen molar-refractivity contribution in [3.05, 3.63) is 23.2 Å². The molecule has 3 rings (SSSR count). The fourth-order valence-corrected chi connectivity index (χ4v) is 3.37. The van der Waals surface area contributed by atoms with Gasteiger partial charge in [0.15, 0.2) is 0 Å². The highest BCUT2D eigenvalue weighted by Crippen LogP contribution is 2.29. The number of amides is 3. The van der Waals surface area contributed by atoms with Crippen molar-refractivity contribution in [3.63, 3.8) is 0 Å². The van der Waals surface area contributed by atoms with Crippen LogP contribution in [0.25, 0.3) is 0 Å². The monoisotopic (exact) mass is 352 g/mol. The smallest absolute Gasteiger partial charge is 0.321 e. The second-order valence-electron chi connectivity index (χ2n) is 6.03. The fraction of sp³-hybridized carbons (Fsp3) is 0.500. The van der Waals surface area contributed by atoms with E-state index in [0.717, 1.165) is 6.54 Å². The Morgan fingerprint density at radius 1 is 1.33 bits per heavy atom. The number of urea groups is 1. The van der Waals surface area contributed by atoms with E-state index in [2.05, 4.69) is 16.0 Å². The minimum Gasteiger partial charge on any atom is -0.495 e. The Hall–Kier alpha value is -1.99. The highest BCUT2D eigenvalue weighted by atomic mass is 35.5. The maximum atomic E-state index is 12.5. The number of piperazine rings is 1.